The van der Waals surface area contributed by atoms with Gasteiger partial charge in [-0.2, -0.15) is 0 Å². The Labute approximate surface area is 187 Å². The molecule has 5 rings (SSSR count). The minimum atomic E-state index is -1.55. The van der Waals surface area contributed by atoms with Crippen molar-refractivity contribution in [1.82, 2.24) is 19.9 Å². The maximum Gasteiger partial charge on any atom is 0.490 e. The Morgan fingerprint density at radius 1 is 1.09 bits per heavy atom. The zero-order chi connectivity index (χ0) is 22.2. The van der Waals surface area contributed by atoms with Gasteiger partial charge in [-0.1, -0.05) is 48.5 Å². The van der Waals surface area contributed by atoms with E-state index in [0.717, 1.165) is 53.2 Å². The van der Waals surface area contributed by atoms with Gasteiger partial charge in [-0.15, -0.1) is 0 Å². The first-order valence-electron chi connectivity index (χ1n) is 10.8. The van der Waals surface area contributed by atoms with Gasteiger partial charge >= 0.3 is 7.12 Å². The van der Waals surface area contributed by atoms with E-state index in [0.29, 0.717) is 23.3 Å². The molecule has 0 saturated heterocycles. The van der Waals surface area contributed by atoms with Crippen molar-refractivity contribution in [1.29, 1.82) is 0 Å². The Bertz CT molecular complexity index is 1270. The molecule has 7 nitrogen and oxygen atoms in total. The van der Waals surface area contributed by atoms with E-state index in [1.807, 2.05) is 37.3 Å². The summed E-state index contributed by atoms with van der Waals surface area (Å²) < 4.78 is 0. The fourth-order valence-electron chi connectivity index (χ4n) is 4.46. The number of anilines is 1. The molecule has 1 aliphatic heterocycles. The average Bonchev–Trinajstić information content (AvgIpc) is 3.13. The highest BCUT2D eigenvalue weighted by atomic mass is 16.4. The summed E-state index contributed by atoms with van der Waals surface area (Å²) in [5.41, 5.74) is 6.34. The molecule has 8 heteroatoms. The first kappa shape index (κ1) is 20.7. The van der Waals surface area contributed by atoms with E-state index in [4.69, 9.17) is 9.97 Å². The van der Waals surface area contributed by atoms with Crippen molar-refractivity contribution in [3.63, 3.8) is 0 Å². The molecule has 1 aliphatic rings. The van der Waals surface area contributed by atoms with Gasteiger partial charge in [0.05, 0.1) is 5.69 Å². The lowest BCUT2D eigenvalue weighted by molar-refractivity contribution is 0.310. The molecule has 0 bridgehead atoms. The van der Waals surface area contributed by atoms with E-state index in [2.05, 4.69) is 34.4 Å². The Hall–Kier alpha value is -3.20. The van der Waals surface area contributed by atoms with Crippen molar-refractivity contribution in [2.75, 3.05) is 18.9 Å². The summed E-state index contributed by atoms with van der Waals surface area (Å²) in [6, 6.07) is 15.8. The third-order valence-electron chi connectivity index (χ3n) is 6.11. The molecule has 162 valence electrons. The van der Waals surface area contributed by atoms with E-state index in [1.165, 1.54) is 5.56 Å². The second-order valence-corrected chi connectivity index (χ2v) is 8.42. The number of fused-ring (bicyclic) bond motifs is 2. The lowest BCUT2D eigenvalue weighted by atomic mass is 9.79. The van der Waals surface area contributed by atoms with E-state index in [1.54, 1.807) is 6.07 Å². The van der Waals surface area contributed by atoms with Crippen molar-refractivity contribution in [2.24, 2.45) is 0 Å². The van der Waals surface area contributed by atoms with Crippen LogP contribution in [0, 0.1) is 6.92 Å². The molecule has 0 amide bonds. The molecule has 0 atom stereocenters. The summed E-state index contributed by atoms with van der Waals surface area (Å²) in [5, 5.41) is 24.0. The summed E-state index contributed by atoms with van der Waals surface area (Å²) >= 11 is 0. The summed E-state index contributed by atoms with van der Waals surface area (Å²) in [6.45, 7) is 4.41. The molecule has 2 aromatic carbocycles. The van der Waals surface area contributed by atoms with Gasteiger partial charge in [0, 0.05) is 59.2 Å². The zero-order valence-corrected chi connectivity index (χ0v) is 18.3. The average molecular weight is 427 g/mol. The molecule has 0 radical (unpaired) electrons. The van der Waals surface area contributed by atoms with Gasteiger partial charge in [0.2, 0.25) is 0 Å². The SMILES string of the molecule is Cc1[nH]c2c(B(O)O)cccc2c1-c1nc2c(c(NCc3ccccc3)n1)CN(C)CC2. The van der Waals surface area contributed by atoms with Gasteiger partial charge in [-0.25, -0.2) is 9.97 Å². The molecule has 4 aromatic rings. The van der Waals surface area contributed by atoms with E-state index in [9.17, 15) is 10.0 Å². The molecular weight excluding hydrogens is 401 g/mol. The topological polar surface area (TPSA) is 97.3 Å². The third-order valence-corrected chi connectivity index (χ3v) is 6.11. The molecule has 0 spiro atoms. The number of likely N-dealkylation sites (N-methyl/N-ethyl adjacent to an activating group) is 1. The number of aromatic nitrogens is 3. The highest BCUT2D eigenvalue weighted by molar-refractivity contribution is 6.61. The fraction of sp³-hybridized carbons (Fsp3) is 0.250. The minimum Gasteiger partial charge on any atom is -0.423 e. The van der Waals surface area contributed by atoms with Crippen LogP contribution in [0.3, 0.4) is 0 Å². The molecule has 0 saturated carbocycles. The van der Waals surface area contributed by atoms with Gasteiger partial charge in [0.25, 0.3) is 0 Å². The molecular formula is C24H26BN5O2. The van der Waals surface area contributed by atoms with Crippen LogP contribution < -0.4 is 10.8 Å². The Kier molecular flexibility index (Phi) is 5.42. The van der Waals surface area contributed by atoms with Crippen LogP contribution in [0.25, 0.3) is 22.3 Å². The van der Waals surface area contributed by atoms with Gasteiger partial charge in [0.1, 0.15) is 5.82 Å². The Morgan fingerprint density at radius 3 is 2.69 bits per heavy atom. The van der Waals surface area contributed by atoms with Gasteiger partial charge in [-0.3, -0.25) is 0 Å². The quantitative estimate of drug-likeness (QED) is 0.365. The fourth-order valence-corrected chi connectivity index (χ4v) is 4.46. The van der Waals surface area contributed by atoms with Crippen molar-refractivity contribution in [2.45, 2.75) is 26.4 Å². The van der Waals surface area contributed by atoms with Crippen molar-refractivity contribution in [3.05, 3.63) is 71.0 Å². The maximum absolute atomic E-state index is 9.79. The summed E-state index contributed by atoms with van der Waals surface area (Å²) in [7, 11) is 0.566. The molecule has 32 heavy (non-hydrogen) atoms. The first-order valence-corrected chi connectivity index (χ1v) is 10.8. The molecule has 0 fully saturated rings. The molecule has 0 aliphatic carbocycles. The number of hydrogen-bond acceptors (Lipinski definition) is 6. The second kappa shape index (κ2) is 8.39. The number of aromatic amines is 1. The van der Waals surface area contributed by atoms with Crippen LogP contribution in [0.1, 0.15) is 22.5 Å². The van der Waals surface area contributed by atoms with Crippen LogP contribution in [0.15, 0.2) is 48.5 Å². The van der Waals surface area contributed by atoms with Crippen LogP contribution in [0.2, 0.25) is 0 Å². The first-order chi connectivity index (χ1) is 15.5. The number of aryl methyl sites for hydroxylation is 1. The van der Waals surface area contributed by atoms with E-state index >= 15 is 0 Å². The van der Waals surface area contributed by atoms with Crippen molar-refractivity contribution >= 4 is 29.3 Å². The number of para-hydroxylation sites is 1. The number of nitrogens with zero attached hydrogens (tertiary/aromatic N) is 3. The van der Waals surface area contributed by atoms with Gasteiger partial charge in [-0.05, 0) is 19.5 Å². The molecule has 0 unspecified atom stereocenters. The lowest BCUT2D eigenvalue weighted by Crippen LogP contribution is -2.30. The number of nitrogens with one attached hydrogen (secondary N) is 2. The second-order valence-electron chi connectivity index (χ2n) is 8.42. The van der Waals surface area contributed by atoms with E-state index < -0.39 is 7.12 Å². The Morgan fingerprint density at radius 2 is 1.91 bits per heavy atom. The number of hydrogen-bond donors (Lipinski definition) is 4. The lowest BCUT2D eigenvalue weighted by Gasteiger charge is -2.26. The number of benzene rings is 2. The maximum atomic E-state index is 9.79. The third kappa shape index (κ3) is 3.77. The standard InChI is InChI=1S/C24H26BN5O2/c1-15-21(17-9-6-10-19(25(31)32)22(17)27-15)24-28-20-11-12-30(2)14-18(20)23(29-24)26-13-16-7-4-3-5-8-16/h3-10,27,31-32H,11-14H2,1-2H3,(H,26,28,29). The zero-order valence-electron chi connectivity index (χ0n) is 18.3. The summed E-state index contributed by atoms with van der Waals surface area (Å²) in [4.78, 5) is 15.5. The summed E-state index contributed by atoms with van der Waals surface area (Å²) in [5.74, 6) is 1.50. The van der Waals surface area contributed by atoms with Crippen molar-refractivity contribution < 1.29 is 10.0 Å². The van der Waals surface area contributed by atoms with Crippen LogP contribution in [-0.2, 0) is 19.5 Å². The largest absolute Gasteiger partial charge is 0.490 e. The minimum absolute atomic E-state index is 0.443. The summed E-state index contributed by atoms with van der Waals surface area (Å²) in [6.07, 6.45) is 0.864. The highest BCUT2D eigenvalue weighted by Crippen LogP contribution is 2.33. The normalized spacial score (nSPS) is 13.9. The van der Waals surface area contributed by atoms with E-state index in [-0.39, 0.29) is 0 Å². The van der Waals surface area contributed by atoms with Crippen LogP contribution in [0.5, 0.6) is 0 Å². The van der Waals surface area contributed by atoms with Crippen LogP contribution >= 0.6 is 0 Å². The Balaban J connectivity index is 1.62. The number of rotatable bonds is 5. The highest BCUT2D eigenvalue weighted by Gasteiger charge is 2.24. The number of H-pyrrole nitrogens is 1. The predicted octanol–water partition coefficient (Wildman–Crippen LogP) is 2.21. The predicted molar refractivity (Wildman–Crippen MR) is 128 cm³/mol. The van der Waals surface area contributed by atoms with Gasteiger partial charge < -0.3 is 25.2 Å². The molecule has 4 N–H and O–H groups in total. The van der Waals surface area contributed by atoms with Gasteiger partial charge in [0.15, 0.2) is 5.82 Å². The molecule has 3 heterocycles. The van der Waals surface area contributed by atoms with Crippen LogP contribution in [0.4, 0.5) is 5.82 Å². The van der Waals surface area contributed by atoms with Crippen LogP contribution in [-0.4, -0.2) is 50.6 Å². The monoisotopic (exact) mass is 427 g/mol. The molecule has 2 aromatic heterocycles. The smallest absolute Gasteiger partial charge is 0.423 e. The van der Waals surface area contributed by atoms with Crippen molar-refractivity contribution in [3.8, 4) is 11.4 Å².